The Bertz CT molecular complexity index is 968. The second-order valence-electron chi connectivity index (χ2n) is 5.50. The van der Waals surface area contributed by atoms with Crippen molar-refractivity contribution in [3.63, 3.8) is 0 Å². The van der Waals surface area contributed by atoms with Crippen LogP contribution < -0.4 is 22.1 Å². The molecule has 1 aromatic heterocycles. The molecule has 0 fully saturated rings. The number of rotatable bonds is 5. The molecule has 0 unspecified atom stereocenters. The Morgan fingerprint density at radius 1 is 0.963 bits per heavy atom. The highest BCUT2D eigenvalue weighted by molar-refractivity contribution is 6.04. The van der Waals surface area contributed by atoms with Crippen LogP contribution in [-0.2, 0) is 0 Å². The number of nitrogens with two attached hydrogens (primary N) is 2. The van der Waals surface area contributed by atoms with Crippen LogP contribution in [0.3, 0.4) is 0 Å². The number of nitrogen functional groups attached to an aromatic ring is 2. The summed E-state index contributed by atoms with van der Waals surface area (Å²) < 4.78 is 0. The normalized spacial score (nSPS) is 10.2. The summed E-state index contributed by atoms with van der Waals surface area (Å²) >= 11 is 0. The smallest absolute Gasteiger partial charge is 0.269 e. The molecule has 0 radical (unpaired) electrons. The van der Waals surface area contributed by atoms with Crippen LogP contribution in [0.1, 0.15) is 10.4 Å². The molecule has 3 rings (SSSR count). The molecule has 0 bridgehead atoms. The van der Waals surface area contributed by atoms with E-state index in [9.17, 15) is 14.9 Å². The third kappa shape index (κ3) is 4.45. The Balaban J connectivity index is 1.67. The molecule has 0 saturated heterocycles. The average Bonchev–Trinajstić information content (AvgIpc) is 2.62. The van der Waals surface area contributed by atoms with Crippen LogP contribution in [0.15, 0.2) is 54.6 Å². The highest BCUT2D eigenvalue weighted by atomic mass is 16.6. The zero-order valence-corrected chi connectivity index (χ0v) is 13.9. The van der Waals surface area contributed by atoms with Gasteiger partial charge in [-0.25, -0.2) is 0 Å². The van der Waals surface area contributed by atoms with Crippen molar-refractivity contribution in [2.24, 2.45) is 0 Å². The van der Waals surface area contributed by atoms with Crippen molar-refractivity contribution in [2.75, 3.05) is 22.1 Å². The van der Waals surface area contributed by atoms with Crippen molar-refractivity contribution >= 4 is 40.6 Å². The summed E-state index contributed by atoms with van der Waals surface area (Å²) in [5, 5.41) is 16.3. The number of non-ortho nitro benzene ring substituents is 1. The molecule has 0 aliphatic carbocycles. The minimum absolute atomic E-state index is 0.0468. The van der Waals surface area contributed by atoms with E-state index >= 15 is 0 Å². The van der Waals surface area contributed by atoms with Crippen LogP contribution in [0.2, 0.25) is 0 Å². The molecule has 27 heavy (non-hydrogen) atoms. The number of hydrogen-bond acceptors (Lipinski definition) is 8. The number of benzene rings is 2. The van der Waals surface area contributed by atoms with Crippen LogP contribution in [0.25, 0.3) is 0 Å². The van der Waals surface area contributed by atoms with Gasteiger partial charge in [0.25, 0.3) is 11.6 Å². The number of nitrogens with one attached hydrogen (secondary N) is 2. The zero-order chi connectivity index (χ0) is 19.4. The lowest BCUT2D eigenvalue weighted by Crippen LogP contribution is -2.11. The summed E-state index contributed by atoms with van der Waals surface area (Å²) in [4.78, 5) is 30.2. The molecule has 0 saturated carbocycles. The van der Waals surface area contributed by atoms with Gasteiger partial charge in [0.05, 0.1) is 4.92 Å². The van der Waals surface area contributed by atoms with E-state index in [-0.39, 0.29) is 23.4 Å². The van der Waals surface area contributed by atoms with E-state index in [1.165, 1.54) is 30.3 Å². The lowest BCUT2D eigenvalue weighted by molar-refractivity contribution is -0.384. The third-order valence-electron chi connectivity index (χ3n) is 3.52. The molecule has 0 aliphatic rings. The number of nitrogens with zero attached hydrogens (tertiary/aromatic N) is 3. The van der Waals surface area contributed by atoms with Crippen molar-refractivity contribution in [1.29, 1.82) is 0 Å². The number of nitro benzene ring substituents is 1. The third-order valence-corrected chi connectivity index (χ3v) is 3.52. The first-order chi connectivity index (χ1) is 12.9. The Morgan fingerprint density at radius 3 is 2.19 bits per heavy atom. The number of anilines is 5. The Hall–Kier alpha value is -4.21. The maximum Gasteiger partial charge on any atom is 0.269 e. The van der Waals surface area contributed by atoms with E-state index in [4.69, 9.17) is 11.5 Å². The number of carbonyl (C=O) groups is 1. The van der Waals surface area contributed by atoms with Gasteiger partial charge in [0, 0.05) is 35.1 Å². The van der Waals surface area contributed by atoms with Gasteiger partial charge in [0.2, 0.25) is 5.95 Å². The first kappa shape index (κ1) is 17.6. The lowest BCUT2D eigenvalue weighted by atomic mass is 10.2. The molecule has 3 aromatic rings. The predicted molar refractivity (Wildman–Crippen MR) is 102 cm³/mol. The first-order valence-electron chi connectivity index (χ1n) is 7.73. The number of hydrogen-bond donors (Lipinski definition) is 4. The summed E-state index contributed by atoms with van der Waals surface area (Å²) in [6, 6.07) is 13.7. The molecule has 136 valence electrons. The predicted octanol–water partition coefficient (Wildman–Crippen LogP) is 2.55. The first-order valence-corrected chi connectivity index (χ1v) is 7.73. The molecule has 0 aliphatic heterocycles. The van der Waals surface area contributed by atoms with Crippen molar-refractivity contribution in [1.82, 2.24) is 9.97 Å². The Kier molecular flexibility index (Phi) is 4.79. The highest BCUT2D eigenvalue weighted by Gasteiger charge is 2.09. The van der Waals surface area contributed by atoms with Gasteiger partial charge in [0.1, 0.15) is 11.6 Å². The monoisotopic (exact) mass is 365 g/mol. The Labute approximate surface area is 153 Å². The maximum atomic E-state index is 12.3. The fourth-order valence-electron chi connectivity index (χ4n) is 2.27. The second-order valence-corrected chi connectivity index (χ2v) is 5.50. The summed E-state index contributed by atoms with van der Waals surface area (Å²) in [6.45, 7) is 0. The lowest BCUT2D eigenvalue weighted by Gasteiger charge is -2.08. The molecule has 6 N–H and O–H groups in total. The van der Waals surface area contributed by atoms with Gasteiger partial charge >= 0.3 is 0 Å². The molecular formula is C17H15N7O3. The van der Waals surface area contributed by atoms with Crippen LogP contribution in [0.4, 0.5) is 34.6 Å². The van der Waals surface area contributed by atoms with Gasteiger partial charge in [-0.05, 0) is 36.4 Å². The highest BCUT2D eigenvalue weighted by Crippen LogP contribution is 2.19. The van der Waals surface area contributed by atoms with Gasteiger partial charge in [-0.2, -0.15) is 9.97 Å². The van der Waals surface area contributed by atoms with E-state index in [1.54, 1.807) is 24.3 Å². The van der Waals surface area contributed by atoms with E-state index < -0.39 is 4.92 Å². The SMILES string of the molecule is Nc1cc(Nc2ccc(C(=O)Nc3ccc([N+](=O)[O-])cc3)cc2)nc(N)n1. The van der Waals surface area contributed by atoms with Gasteiger partial charge in [-0.1, -0.05) is 0 Å². The van der Waals surface area contributed by atoms with Crippen LogP contribution in [-0.4, -0.2) is 20.8 Å². The van der Waals surface area contributed by atoms with Crippen LogP contribution in [0.5, 0.6) is 0 Å². The van der Waals surface area contributed by atoms with Crippen molar-refractivity contribution < 1.29 is 9.72 Å². The standard InChI is InChI=1S/C17H15N7O3/c18-14-9-15(23-17(19)22-14)20-11-3-1-10(2-4-11)16(25)21-12-5-7-13(8-6-12)24(26)27/h1-9H,(H,21,25)(H5,18,19,20,22,23). The number of carbonyl (C=O) groups excluding carboxylic acids is 1. The molecule has 1 amide bonds. The minimum Gasteiger partial charge on any atom is -0.383 e. The molecule has 2 aromatic carbocycles. The summed E-state index contributed by atoms with van der Waals surface area (Å²) in [5.74, 6) is 0.384. The second kappa shape index (κ2) is 7.35. The molecule has 0 atom stereocenters. The number of aromatic nitrogens is 2. The number of amides is 1. The number of nitro groups is 1. The van der Waals surface area contributed by atoms with E-state index in [0.29, 0.717) is 22.8 Å². The minimum atomic E-state index is -0.504. The van der Waals surface area contributed by atoms with E-state index in [2.05, 4.69) is 20.6 Å². The van der Waals surface area contributed by atoms with Gasteiger partial charge in [0.15, 0.2) is 0 Å². The molecule has 1 heterocycles. The summed E-state index contributed by atoms with van der Waals surface area (Å²) in [5.41, 5.74) is 12.7. The molecule has 10 heteroatoms. The topological polar surface area (TPSA) is 162 Å². The maximum absolute atomic E-state index is 12.3. The molecule has 0 spiro atoms. The fraction of sp³-hybridized carbons (Fsp3) is 0. The molecule has 10 nitrogen and oxygen atoms in total. The van der Waals surface area contributed by atoms with Crippen LogP contribution in [0, 0.1) is 10.1 Å². The van der Waals surface area contributed by atoms with E-state index in [0.717, 1.165) is 0 Å². The van der Waals surface area contributed by atoms with E-state index in [1.807, 2.05) is 0 Å². The quantitative estimate of drug-likeness (QED) is 0.396. The Morgan fingerprint density at radius 2 is 1.59 bits per heavy atom. The van der Waals surface area contributed by atoms with Crippen molar-refractivity contribution in [3.05, 3.63) is 70.3 Å². The average molecular weight is 365 g/mol. The fourth-order valence-corrected chi connectivity index (χ4v) is 2.27. The van der Waals surface area contributed by atoms with Crippen molar-refractivity contribution in [3.8, 4) is 0 Å². The largest absolute Gasteiger partial charge is 0.383 e. The zero-order valence-electron chi connectivity index (χ0n) is 13.9. The summed E-state index contributed by atoms with van der Waals surface area (Å²) in [6.07, 6.45) is 0. The van der Waals surface area contributed by atoms with Gasteiger partial charge in [-0.3, -0.25) is 14.9 Å². The molecular weight excluding hydrogens is 350 g/mol. The van der Waals surface area contributed by atoms with Gasteiger partial charge < -0.3 is 22.1 Å². The van der Waals surface area contributed by atoms with Crippen molar-refractivity contribution in [2.45, 2.75) is 0 Å². The summed E-state index contributed by atoms with van der Waals surface area (Å²) in [7, 11) is 0. The van der Waals surface area contributed by atoms with Gasteiger partial charge in [-0.15, -0.1) is 0 Å². The van der Waals surface area contributed by atoms with Crippen LogP contribution >= 0.6 is 0 Å².